The number of hydrogen-bond acceptors (Lipinski definition) is 7. The highest BCUT2D eigenvalue weighted by Gasteiger charge is 2.19. The van der Waals surface area contributed by atoms with E-state index in [4.69, 9.17) is 14.6 Å². The average molecular weight is 270 g/mol. The molecule has 0 saturated carbocycles. The van der Waals surface area contributed by atoms with Crippen molar-refractivity contribution < 1.29 is 24.5 Å². The van der Waals surface area contributed by atoms with E-state index in [1.807, 2.05) is 0 Å². The second kappa shape index (κ2) is 7.01. The van der Waals surface area contributed by atoms with Gasteiger partial charge in [0.1, 0.15) is 11.6 Å². The first-order chi connectivity index (χ1) is 9.01. The summed E-state index contributed by atoms with van der Waals surface area (Å²) >= 11 is 0. The Labute approximate surface area is 111 Å². The van der Waals surface area contributed by atoms with Gasteiger partial charge in [0.05, 0.1) is 38.9 Å². The topological polar surface area (TPSA) is 102 Å². The van der Waals surface area contributed by atoms with E-state index in [9.17, 15) is 9.90 Å². The molecule has 0 radical (unpaired) electrons. The Bertz CT molecular complexity index is 425. The predicted octanol–water partition coefficient (Wildman–Crippen LogP) is -0.479. The molecule has 0 aliphatic carbocycles. The summed E-state index contributed by atoms with van der Waals surface area (Å²) in [7, 11) is 2.85. The minimum Gasteiger partial charge on any atom is -0.481 e. The van der Waals surface area contributed by atoms with Crippen LogP contribution in [0.15, 0.2) is 0 Å². The van der Waals surface area contributed by atoms with E-state index < -0.39 is 6.10 Å². The lowest BCUT2D eigenvalue weighted by molar-refractivity contribution is -0.116. The largest absolute Gasteiger partial charge is 0.481 e. The third kappa shape index (κ3) is 4.15. The maximum Gasteiger partial charge on any atom is 0.223 e. The zero-order valence-corrected chi connectivity index (χ0v) is 11.2. The first-order valence-electron chi connectivity index (χ1n) is 5.77. The molecule has 0 spiro atoms. The monoisotopic (exact) mass is 270 g/mol. The second-order valence-corrected chi connectivity index (χ2v) is 4.06. The van der Waals surface area contributed by atoms with Gasteiger partial charge in [0, 0.05) is 6.42 Å². The number of ether oxygens (including phenoxy) is 2. The van der Waals surface area contributed by atoms with E-state index in [2.05, 4.69) is 9.97 Å². The Morgan fingerprint density at radius 3 is 2.16 bits per heavy atom. The molecular weight excluding hydrogens is 252 g/mol. The molecule has 106 valence electrons. The van der Waals surface area contributed by atoms with Gasteiger partial charge in [-0.1, -0.05) is 0 Å². The predicted molar refractivity (Wildman–Crippen MR) is 66.3 cm³/mol. The smallest absolute Gasteiger partial charge is 0.223 e. The molecule has 7 nitrogen and oxygen atoms in total. The van der Waals surface area contributed by atoms with Crippen molar-refractivity contribution >= 4 is 5.78 Å². The van der Waals surface area contributed by atoms with Gasteiger partial charge in [0.2, 0.25) is 11.8 Å². The molecule has 0 aliphatic heterocycles. The van der Waals surface area contributed by atoms with Gasteiger partial charge < -0.3 is 19.7 Å². The number of aromatic nitrogens is 2. The van der Waals surface area contributed by atoms with E-state index in [0.29, 0.717) is 11.4 Å². The molecular formula is C12H18N2O5. The number of methoxy groups -OCH3 is 2. The fraction of sp³-hybridized carbons (Fsp3) is 0.583. The summed E-state index contributed by atoms with van der Waals surface area (Å²) in [6.45, 7) is 1.05. The van der Waals surface area contributed by atoms with Crippen LogP contribution in [0, 0.1) is 0 Å². The van der Waals surface area contributed by atoms with E-state index in [-0.39, 0.29) is 37.0 Å². The molecule has 1 unspecified atom stereocenters. The standard InChI is InChI=1S/C12H18N2O5/c1-7(16)4-10-13-11(18-2)9(5-8(17)6-15)12(14-10)19-3/h8,15,17H,4-6H2,1-3H3. The van der Waals surface area contributed by atoms with Crippen LogP contribution in [0.25, 0.3) is 0 Å². The molecule has 0 aliphatic rings. The van der Waals surface area contributed by atoms with Gasteiger partial charge in [-0.2, -0.15) is 9.97 Å². The SMILES string of the molecule is COc1nc(CC(C)=O)nc(OC)c1CC(O)CO. The van der Waals surface area contributed by atoms with Crippen LogP contribution in [0.2, 0.25) is 0 Å². The van der Waals surface area contributed by atoms with Crippen LogP contribution >= 0.6 is 0 Å². The number of aliphatic hydroxyl groups is 2. The Kier molecular flexibility index (Phi) is 5.65. The Balaban J connectivity index is 3.17. The van der Waals surface area contributed by atoms with Crippen LogP contribution in [0.1, 0.15) is 18.3 Å². The van der Waals surface area contributed by atoms with Gasteiger partial charge in [-0.25, -0.2) is 0 Å². The summed E-state index contributed by atoms with van der Waals surface area (Å²) < 4.78 is 10.2. The summed E-state index contributed by atoms with van der Waals surface area (Å²) in [5, 5.41) is 18.4. The quantitative estimate of drug-likeness (QED) is 0.690. The van der Waals surface area contributed by atoms with Gasteiger partial charge in [0.25, 0.3) is 0 Å². The molecule has 0 amide bonds. The van der Waals surface area contributed by atoms with Crippen molar-refractivity contribution in [3.63, 3.8) is 0 Å². The van der Waals surface area contributed by atoms with Gasteiger partial charge in [-0.15, -0.1) is 0 Å². The number of carbonyl (C=O) groups excluding carboxylic acids is 1. The fourth-order valence-corrected chi connectivity index (χ4v) is 1.60. The van der Waals surface area contributed by atoms with Crippen LogP contribution in [0.4, 0.5) is 0 Å². The van der Waals surface area contributed by atoms with Crippen LogP contribution in [-0.2, 0) is 17.6 Å². The first kappa shape index (κ1) is 15.3. The Hall–Kier alpha value is -1.73. The highest BCUT2D eigenvalue weighted by atomic mass is 16.5. The van der Waals surface area contributed by atoms with Crippen molar-refractivity contribution in [1.82, 2.24) is 9.97 Å². The van der Waals surface area contributed by atoms with Crippen LogP contribution < -0.4 is 9.47 Å². The highest BCUT2D eigenvalue weighted by Crippen LogP contribution is 2.26. The third-order valence-electron chi connectivity index (χ3n) is 2.42. The van der Waals surface area contributed by atoms with Crippen molar-refractivity contribution in [2.45, 2.75) is 25.9 Å². The van der Waals surface area contributed by atoms with Crippen LogP contribution in [0.3, 0.4) is 0 Å². The molecule has 0 aromatic carbocycles. The van der Waals surface area contributed by atoms with Gasteiger partial charge in [0.15, 0.2) is 0 Å². The number of carbonyl (C=O) groups is 1. The molecule has 1 aromatic heterocycles. The third-order valence-corrected chi connectivity index (χ3v) is 2.42. The van der Waals surface area contributed by atoms with Crippen molar-refractivity contribution in [3.05, 3.63) is 11.4 Å². The number of ketones is 1. The lowest BCUT2D eigenvalue weighted by Gasteiger charge is -2.14. The number of Topliss-reactive ketones (excluding diaryl/α,β-unsaturated/α-hetero) is 1. The summed E-state index contributed by atoms with van der Waals surface area (Å²) in [4.78, 5) is 19.3. The van der Waals surface area contributed by atoms with Gasteiger partial charge >= 0.3 is 0 Å². The normalized spacial score (nSPS) is 12.1. The number of nitrogens with zero attached hydrogens (tertiary/aromatic N) is 2. The maximum absolute atomic E-state index is 11.1. The number of hydrogen-bond donors (Lipinski definition) is 2. The van der Waals surface area contributed by atoms with E-state index >= 15 is 0 Å². The summed E-state index contributed by atoms with van der Waals surface area (Å²) in [5.74, 6) is 0.682. The highest BCUT2D eigenvalue weighted by molar-refractivity contribution is 5.77. The zero-order chi connectivity index (χ0) is 14.4. The second-order valence-electron chi connectivity index (χ2n) is 4.06. The molecule has 1 aromatic rings. The molecule has 7 heteroatoms. The first-order valence-corrected chi connectivity index (χ1v) is 5.77. The maximum atomic E-state index is 11.1. The summed E-state index contributed by atoms with van der Waals surface area (Å²) in [5.41, 5.74) is 0.457. The molecule has 0 saturated heterocycles. The fourth-order valence-electron chi connectivity index (χ4n) is 1.60. The van der Waals surface area contributed by atoms with Crippen molar-refractivity contribution in [2.75, 3.05) is 20.8 Å². The molecule has 1 atom stereocenters. The van der Waals surface area contributed by atoms with E-state index in [1.54, 1.807) is 0 Å². The van der Waals surface area contributed by atoms with Crippen molar-refractivity contribution in [1.29, 1.82) is 0 Å². The minimum absolute atomic E-state index is 0.0766. The van der Waals surface area contributed by atoms with Crippen LogP contribution in [0.5, 0.6) is 11.8 Å². The van der Waals surface area contributed by atoms with Gasteiger partial charge in [-0.3, -0.25) is 4.79 Å². The lowest BCUT2D eigenvalue weighted by atomic mass is 10.1. The summed E-state index contributed by atoms with van der Waals surface area (Å²) in [6, 6.07) is 0. The Morgan fingerprint density at radius 2 is 1.79 bits per heavy atom. The molecule has 2 N–H and O–H groups in total. The minimum atomic E-state index is -0.954. The Morgan fingerprint density at radius 1 is 1.26 bits per heavy atom. The molecule has 1 rings (SSSR count). The zero-order valence-electron chi connectivity index (χ0n) is 11.2. The van der Waals surface area contributed by atoms with Gasteiger partial charge in [-0.05, 0) is 6.92 Å². The molecule has 1 heterocycles. The molecule has 0 fully saturated rings. The average Bonchev–Trinajstić information content (AvgIpc) is 2.38. The van der Waals surface area contributed by atoms with E-state index in [0.717, 1.165) is 0 Å². The number of aliphatic hydroxyl groups excluding tert-OH is 2. The number of rotatable bonds is 7. The van der Waals surface area contributed by atoms with E-state index in [1.165, 1.54) is 21.1 Å². The molecule has 19 heavy (non-hydrogen) atoms. The summed E-state index contributed by atoms with van der Waals surface area (Å²) in [6.07, 6.45) is -0.774. The van der Waals surface area contributed by atoms with Crippen LogP contribution in [-0.4, -0.2) is 52.9 Å². The van der Waals surface area contributed by atoms with Crippen molar-refractivity contribution in [2.24, 2.45) is 0 Å². The molecule has 0 bridgehead atoms. The lowest BCUT2D eigenvalue weighted by Crippen LogP contribution is -2.18. The van der Waals surface area contributed by atoms with Crippen molar-refractivity contribution in [3.8, 4) is 11.8 Å².